The molecule has 0 saturated carbocycles. The van der Waals surface area contributed by atoms with E-state index in [1.165, 1.54) is 23.4 Å². The summed E-state index contributed by atoms with van der Waals surface area (Å²) in [5.74, 6) is 0.351. The molecule has 0 aromatic carbocycles. The van der Waals surface area contributed by atoms with E-state index in [-0.39, 0.29) is 4.48 Å². The largest absolute Gasteiger partial charge is 0.394 e. The molecule has 3 heterocycles. The standard InChI is InChI=1S/C13H14BrN5O5/c14-6(2-20)1-15-11-8-12(17-4-16-11)19(5-18-8)13-10(23)9(22)7(3-21)24-13/h1-2,4-5,7,9-10,13,21-23H,3H2,(H,15,16,17)/b6-1-/t7-,9-,10-,13-/m1/s1. The maximum absolute atomic E-state index is 10.6. The Morgan fingerprint density at radius 2 is 2.17 bits per heavy atom. The number of imidazole rings is 1. The minimum absolute atomic E-state index is 0.289. The van der Waals surface area contributed by atoms with Crippen LogP contribution in [0.25, 0.3) is 11.2 Å². The van der Waals surface area contributed by atoms with Gasteiger partial charge in [-0.3, -0.25) is 9.36 Å². The molecule has 1 fully saturated rings. The van der Waals surface area contributed by atoms with Crippen molar-refractivity contribution >= 4 is 39.2 Å². The molecule has 11 heteroatoms. The fourth-order valence-corrected chi connectivity index (χ4v) is 2.54. The fourth-order valence-electron chi connectivity index (χ4n) is 2.42. The zero-order chi connectivity index (χ0) is 17.3. The van der Waals surface area contributed by atoms with Crippen LogP contribution in [0.5, 0.6) is 0 Å². The third-order valence-electron chi connectivity index (χ3n) is 3.61. The molecule has 128 valence electrons. The smallest absolute Gasteiger partial charge is 0.167 e. The molecule has 0 unspecified atom stereocenters. The van der Waals surface area contributed by atoms with Crippen molar-refractivity contribution in [1.82, 2.24) is 19.5 Å². The predicted molar refractivity (Wildman–Crippen MR) is 85.0 cm³/mol. The van der Waals surface area contributed by atoms with Gasteiger partial charge in [-0.2, -0.15) is 0 Å². The van der Waals surface area contributed by atoms with E-state index in [1.807, 2.05) is 0 Å². The number of hydrogen-bond donors (Lipinski definition) is 4. The third kappa shape index (κ3) is 2.91. The second-order valence-electron chi connectivity index (χ2n) is 5.07. The first-order chi connectivity index (χ1) is 11.6. The van der Waals surface area contributed by atoms with Crippen LogP contribution in [0.4, 0.5) is 5.82 Å². The molecular weight excluding hydrogens is 386 g/mol. The summed E-state index contributed by atoms with van der Waals surface area (Å²) in [6.45, 7) is -0.423. The van der Waals surface area contributed by atoms with Gasteiger partial charge >= 0.3 is 0 Å². The highest BCUT2D eigenvalue weighted by molar-refractivity contribution is 9.12. The number of aliphatic hydroxyl groups is 3. The maximum atomic E-state index is 10.6. The summed E-state index contributed by atoms with van der Waals surface area (Å²) in [7, 11) is 0. The molecule has 2 aromatic rings. The Balaban J connectivity index is 1.96. The monoisotopic (exact) mass is 399 g/mol. The molecule has 3 rings (SSSR count). The number of aldehydes is 1. The summed E-state index contributed by atoms with van der Waals surface area (Å²) in [6, 6.07) is 0. The van der Waals surface area contributed by atoms with Crippen molar-refractivity contribution in [2.75, 3.05) is 11.9 Å². The van der Waals surface area contributed by atoms with Gasteiger partial charge in [-0.25, -0.2) is 15.0 Å². The summed E-state index contributed by atoms with van der Waals surface area (Å²) >= 11 is 3.04. The number of nitrogens with zero attached hydrogens (tertiary/aromatic N) is 4. The van der Waals surface area contributed by atoms with Crippen LogP contribution in [0, 0.1) is 0 Å². The van der Waals surface area contributed by atoms with Crippen LogP contribution in [0.3, 0.4) is 0 Å². The Labute approximate surface area is 143 Å². The van der Waals surface area contributed by atoms with Gasteiger partial charge in [-0.15, -0.1) is 0 Å². The van der Waals surface area contributed by atoms with E-state index in [4.69, 9.17) is 4.74 Å². The molecule has 0 spiro atoms. The molecule has 0 aliphatic carbocycles. The van der Waals surface area contributed by atoms with Gasteiger partial charge in [-0.05, 0) is 15.9 Å². The van der Waals surface area contributed by atoms with E-state index in [2.05, 4.69) is 36.2 Å². The summed E-state index contributed by atoms with van der Waals surface area (Å²) in [5.41, 5.74) is 0.746. The van der Waals surface area contributed by atoms with Gasteiger partial charge in [-0.1, -0.05) is 0 Å². The normalized spacial score (nSPS) is 27.6. The van der Waals surface area contributed by atoms with Crippen LogP contribution in [0.1, 0.15) is 6.23 Å². The van der Waals surface area contributed by atoms with Crippen molar-refractivity contribution in [1.29, 1.82) is 0 Å². The highest BCUT2D eigenvalue weighted by Crippen LogP contribution is 2.32. The minimum atomic E-state index is -1.24. The number of aromatic nitrogens is 4. The molecule has 0 amide bonds. The zero-order valence-electron chi connectivity index (χ0n) is 12.2. The lowest BCUT2D eigenvalue weighted by atomic mass is 10.1. The summed E-state index contributed by atoms with van der Waals surface area (Å²) < 4.78 is 7.21. The molecule has 1 aliphatic heterocycles. The van der Waals surface area contributed by atoms with E-state index in [1.54, 1.807) is 0 Å². The number of halogens is 1. The molecule has 4 N–H and O–H groups in total. The number of carbonyl (C=O) groups excluding carboxylic acids is 1. The van der Waals surface area contributed by atoms with Crippen molar-refractivity contribution in [3.8, 4) is 0 Å². The van der Waals surface area contributed by atoms with E-state index >= 15 is 0 Å². The van der Waals surface area contributed by atoms with Crippen molar-refractivity contribution in [2.24, 2.45) is 0 Å². The first kappa shape index (κ1) is 16.9. The SMILES string of the molecule is O=C/C(Br)=C/Nc1ncnc2c1ncn2[C@@H]1O[C@H](CO)[C@@H](O)[C@H]1O. The summed E-state index contributed by atoms with van der Waals surface area (Å²) in [6.07, 6.45) is 0.397. The van der Waals surface area contributed by atoms with Crippen molar-refractivity contribution < 1.29 is 24.9 Å². The topological polar surface area (TPSA) is 143 Å². The third-order valence-corrected chi connectivity index (χ3v) is 4.03. The zero-order valence-corrected chi connectivity index (χ0v) is 13.7. The lowest BCUT2D eigenvalue weighted by Crippen LogP contribution is -2.33. The van der Waals surface area contributed by atoms with E-state index < -0.39 is 31.1 Å². The van der Waals surface area contributed by atoms with Crippen molar-refractivity contribution in [3.05, 3.63) is 23.3 Å². The molecule has 2 aromatic heterocycles. The molecule has 10 nitrogen and oxygen atoms in total. The number of fused-ring (bicyclic) bond motifs is 1. The van der Waals surface area contributed by atoms with Gasteiger partial charge < -0.3 is 25.4 Å². The van der Waals surface area contributed by atoms with E-state index in [0.717, 1.165) is 0 Å². The minimum Gasteiger partial charge on any atom is -0.394 e. The van der Waals surface area contributed by atoms with Gasteiger partial charge in [0.25, 0.3) is 0 Å². The van der Waals surface area contributed by atoms with Crippen LogP contribution in [0.15, 0.2) is 23.3 Å². The number of anilines is 1. The number of aliphatic hydroxyl groups excluding tert-OH is 3. The number of carbonyl (C=O) groups is 1. The Kier molecular flexibility index (Phi) is 4.87. The van der Waals surface area contributed by atoms with Crippen LogP contribution in [-0.2, 0) is 9.53 Å². The van der Waals surface area contributed by atoms with Crippen LogP contribution < -0.4 is 5.32 Å². The maximum Gasteiger partial charge on any atom is 0.167 e. The second-order valence-corrected chi connectivity index (χ2v) is 5.98. The Morgan fingerprint density at radius 1 is 1.38 bits per heavy atom. The van der Waals surface area contributed by atoms with Gasteiger partial charge in [0.1, 0.15) is 24.6 Å². The average molecular weight is 400 g/mol. The molecule has 1 aliphatic rings. The van der Waals surface area contributed by atoms with Crippen LogP contribution in [0.2, 0.25) is 0 Å². The Hall–Kier alpha value is -1.92. The lowest BCUT2D eigenvalue weighted by Gasteiger charge is -2.16. The van der Waals surface area contributed by atoms with E-state index in [0.29, 0.717) is 23.3 Å². The summed E-state index contributed by atoms with van der Waals surface area (Å²) in [5, 5.41) is 32.0. The van der Waals surface area contributed by atoms with Crippen molar-refractivity contribution in [2.45, 2.75) is 24.5 Å². The van der Waals surface area contributed by atoms with Crippen molar-refractivity contribution in [3.63, 3.8) is 0 Å². The lowest BCUT2D eigenvalue weighted by molar-refractivity contribution is -0.104. The van der Waals surface area contributed by atoms with Gasteiger partial charge in [0.05, 0.1) is 17.4 Å². The predicted octanol–water partition coefficient (Wildman–Crippen LogP) is -0.715. The molecular formula is C13H14BrN5O5. The van der Waals surface area contributed by atoms with Gasteiger partial charge in [0, 0.05) is 6.20 Å². The Morgan fingerprint density at radius 3 is 2.83 bits per heavy atom. The highest BCUT2D eigenvalue weighted by Gasteiger charge is 2.43. The number of allylic oxidation sites excluding steroid dienone is 1. The van der Waals surface area contributed by atoms with Crippen LogP contribution in [-0.4, -0.2) is 66.0 Å². The molecule has 4 atom stereocenters. The van der Waals surface area contributed by atoms with Crippen LogP contribution >= 0.6 is 15.9 Å². The quantitative estimate of drug-likeness (QED) is 0.378. The number of ether oxygens (including phenoxy) is 1. The molecule has 0 radical (unpaired) electrons. The van der Waals surface area contributed by atoms with Gasteiger partial charge in [0.2, 0.25) is 0 Å². The number of rotatable bonds is 5. The number of hydrogen-bond acceptors (Lipinski definition) is 9. The number of nitrogens with one attached hydrogen (secondary N) is 1. The summed E-state index contributed by atoms with van der Waals surface area (Å²) in [4.78, 5) is 22.9. The fraction of sp³-hybridized carbons (Fsp3) is 0.385. The first-order valence-electron chi connectivity index (χ1n) is 6.94. The molecule has 24 heavy (non-hydrogen) atoms. The second kappa shape index (κ2) is 6.91. The van der Waals surface area contributed by atoms with E-state index in [9.17, 15) is 20.1 Å². The first-order valence-corrected chi connectivity index (χ1v) is 7.73. The Bertz CT molecular complexity index is 781. The average Bonchev–Trinajstić information content (AvgIpc) is 3.15. The highest BCUT2D eigenvalue weighted by atomic mass is 79.9. The molecule has 1 saturated heterocycles. The van der Waals surface area contributed by atoms with Gasteiger partial charge in [0.15, 0.2) is 29.5 Å². The molecule has 0 bridgehead atoms.